The number of carbonyl (C=O) groups excluding carboxylic acids is 1. The molecule has 0 saturated heterocycles. The molecule has 1 nitrogen and oxygen atoms in total. The number of benzene rings is 1. The lowest BCUT2D eigenvalue weighted by Crippen LogP contribution is -2.09. The highest BCUT2D eigenvalue weighted by Crippen LogP contribution is 2.29. The lowest BCUT2D eigenvalue weighted by Gasteiger charge is -2.09. The molecule has 1 aliphatic rings. The minimum absolute atomic E-state index is 0.232. The fourth-order valence-electron chi connectivity index (χ4n) is 2.39. The standard InChI is InChI=1S/C15H19FOS/c1-11-8-13(16)7-6-12(11)9-14(17)10-18-15-4-2-3-5-15/h6-8,15H,2-5,9-10H2,1H3. The normalized spacial score (nSPS) is 16.1. The zero-order valence-electron chi connectivity index (χ0n) is 10.7. The van der Waals surface area contributed by atoms with Crippen LogP contribution >= 0.6 is 11.8 Å². The Morgan fingerprint density at radius 2 is 2.11 bits per heavy atom. The van der Waals surface area contributed by atoms with Crippen LogP contribution in [0.5, 0.6) is 0 Å². The topological polar surface area (TPSA) is 17.1 Å². The van der Waals surface area contributed by atoms with E-state index in [1.54, 1.807) is 17.8 Å². The number of Topliss-reactive ketones (excluding diaryl/α,β-unsaturated/α-hetero) is 1. The van der Waals surface area contributed by atoms with Crippen LogP contribution < -0.4 is 0 Å². The Morgan fingerprint density at radius 1 is 1.39 bits per heavy atom. The van der Waals surface area contributed by atoms with Crippen LogP contribution in [0.25, 0.3) is 0 Å². The van der Waals surface area contributed by atoms with Crippen molar-refractivity contribution in [2.75, 3.05) is 5.75 Å². The Bertz CT molecular complexity index is 425. The van der Waals surface area contributed by atoms with Gasteiger partial charge >= 0.3 is 0 Å². The quantitative estimate of drug-likeness (QED) is 0.803. The molecule has 3 heteroatoms. The third-order valence-electron chi connectivity index (χ3n) is 3.47. The molecule has 0 aliphatic heterocycles. The van der Waals surface area contributed by atoms with E-state index in [-0.39, 0.29) is 11.6 Å². The number of carbonyl (C=O) groups is 1. The maximum absolute atomic E-state index is 12.9. The average Bonchev–Trinajstić information content (AvgIpc) is 2.83. The summed E-state index contributed by atoms with van der Waals surface area (Å²) < 4.78 is 12.9. The van der Waals surface area contributed by atoms with Gasteiger partial charge in [0.1, 0.15) is 11.6 Å². The SMILES string of the molecule is Cc1cc(F)ccc1CC(=O)CSC1CCCC1. The van der Waals surface area contributed by atoms with Gasteiger partial charge in [-0.05, 0) is 43.0 Å². The summed E-state index contributed by atoms with van der Waals surface area (Å²) in [5, 5.41) is 0.684. The molecule has 1 aliphatic carbocycles. The predicted molar refractivity (Wildman–Crippen MR) is 74.6 cm³/mol. The number of rotatable bonds is 5. The van der Waals surface area contributed by atoms with Crippen LogP contribution in [0, 0.1) is 12.7 Å². The highest BCUT2D eigenvalue weighted by atomic mass is 32.2. The predicted octanol–water partition coefficient (Wildman–Crippen LogP) is 3.92. The van der Waals surface area contributed by atoms with E-state index in [0.717, 1.165) is 11.1 Å². The molecule has 0 unspecified atom stereocenters. The van der Waals surface area contributed by atoms with Crippen molar-refractivity contribution in [3.63, 3.8) is 0 Å². The van der Waals surface area contributed by atoms with Crippen molar-refractivity contribution < 1.29 is 9.18 Å². The number of halogens is 1. The van der Waals surface area contributed by atoms with Crippen molar-refractivity contribution >= 4 is 17.5 Å². The molecular weight excluding hydrogens is 247 g/mol. The first-order valence-electron chi connectivity index (χ1n) is 6.53. The number of thioether (sulfide) groups is 1. The lowest BCUT2D eigenvalue weighted by atomic mass is 10.0. The van der Waals surface area contributed by atoms with Crippen molar-refractivity contribution in [2.24, 2.45) is 0 Å². The highest BCUT2D eigenvalue weighted by Gasteiger charge is 2.17. The van der Waals surface area contributed by atoms with Crippen molar-refractivity contribution in [3.05, 3.63) is 35.1 Å². The van der Waals surface area contributed by atoms with Gasteiger partial charge in [0, 0.05) is 11.7 Å². The Hall–Kier alpha value is -0.830. The van der Waals surface area contributed by atoms with E-state index in [1.165, 1.54) is 37.8 Å². The molecule has 0 amide bonds. The summed E-state index contributed by atoms with van der Waals surface area (Å²) in [5.41, 5.74) is 1.82. The molecule has 1 aromatic rings. The maximum atomic E-state index is 12.9. The van der Waals surface area contributed by atoms with Gasteiger partial charge in [-0.15, -0.1) is 0 Å². The summed E-state index contributed by atoms with van der Waals surface area (Å²) in [7, 11) is 0. The molecule has 1 fully saturated rings. The van der Waals surface area contributed by atoms with Crippen LogP contribution in [-0.4, -0.2) is 16.8 Å². The first kappa shape index (κ1) is 13.6. The number of hydrogen-bond donors (Lipinski definition) is 0. The third-order valence-corrected chi connectivity index (χ3v) is 4.91. The molecule has 0 bridgehead atoms. The molecule has 0 spiro atoms. The molecule has 0 heterocycles. The highest BCUT2D eigenvalue weighted by molar-refractivity contribution is 8.00. The fraction of sp³-hybridized carbons (Fsp3) is 0.533. The minimum atomic E-state index is -0.232. The summed E-state index contributed by atoms with van der Waals surface area (Å²) in [5.74, 6) is 0.618. The summed E-state index contributed by atoms with van der Waals surface area (Å²) >= 11 is 1.80. The van der Waals surface area contributed by atoms with Crippen LogP contribution in [0.1, 0.15) is 36.8 Å². The molecular formula is C15H19FOS. The molecule has 0 atom stereocenters. The number of ketones is 1. The van der Waals surface area contributed by atoms with Gasteiger partial charge in [0.2, 0.25) is 0 Å². The number of hydrogen-bond acceptors (Lipinski definition) is 2. The molecule has 2 rings (SSSR count). The van der Waals surface area contributed by atoms with Gasteiger partial charge in [-0.25, -0.2) is 4.39 Å². The van der Waals surface area contributed by atoms with Crippen LogP contribution in [0.15, 0.2) is 18.2 Å². The average molecular weight is 266 g/mol. The van der Waals surface area contributed by atoms with Gasteiger partial charge in [0.25, 0.3) is 0 Å². The van der Waals surface area contributed by atoms with Crippen molar-refractivity contribution in [1.82, 2.24) is 0 Å². The lowest BCUT2D eigenvalue weighted by molar-refractivity contribution is -0.116. The largest absolute Gasteiger partial charge is 0.298 e. The molecule has 1 aromatic carbocycles. The van der Waals surface area contributed by atoms with Gasteiger partial charge in [0.15, 0.2) is 0 Å². The van der Waals surface area contributed by atoms with Crippen molar-refractivity contribution in [1.29, 1.82) is 0 Å². The molecule has 18 heavy (non-hydrogen) atoms. The van der Waals surface area contributed by atoms with Crippen molar-refractivity contribution in [2.45, 2.75) is 44.3 Å². The first-order chi connectivity index (χ1) is 8.65. The van der Waals surface area contributed by atoms with E-state index in [4.69, 9.17) is 0 Å². The van der Waals surface area contributed by atoms with Gasteiger partial charge in [0.05, 0.1) is 5.75 Å². The maximum Gasteiger partial charge on any atom is 0.147 e. The van der Waals surface area contributed by atoms with Gasteiger partial charge in [-0.2, -0.15) is 11.8 Å². The second kappa shape index (κ2) is 6.37. The van der Waals surface area contributed by atoms with Crippen LogP contribution in [-0.2, 0) is 11.2 Å². The van der Waals surface area contributed by atoms with Crippen LogP contribution in [0.4, 0.5) is 4.39 Å². The molecule has 0 N–H and O–H groups in total. The smallest absolute Gasteiger partial charge is 0.147 e. The van der Waals surface area contributed by atoms with E-state index in [1.807, 2.05) is 6.92 Å². The second-order valence-corrected chi connectivity index (χ2v) is 6.29. The molecule has 0 radical (unpaired) electrons. The van der Waals surface area contributed by atoms with Crippen LogP contribution in [0.3, 0.4) is 0 Å². The van der Waals surface area contributed by atoms with Gasteiger partial charge < -0.3 is 0 Å². The summed E-state index contributed by atoms with van der Waals surface area (Å²) in [6.07, 6.45) is 5.57. The van der Waals surface area contributed by atoms with Gasteiger partial charge in [-0.3, -0.25) is 4.79 Å². The monoisotopic (exact) mass is 266 g/mol. The summed E-state index contributed by atoms with van der Waals surface area (Å²) in [6.45, 7) is 1.86. The zero-order valence-corrected chi connectivity index (χ0v) is 11.6. The van der Waals surface area contributed by atoms with E-state index in [0.29, 0.717) is 17.4 Å². The third kappa shape index (κ3) is 3.84. The Balaban J connectivity index is 1.82. The number of aryl methyl sites for hydroxylation is 1. The van der Waals surface area contributed by atoms with Crippen LogP contribution in [0.2, 0.25) is 0 Å². The van der Waals surface area contributed by atoms with E-state index < -0.39 is 0 Å². The first-order valence-corrected chi connectivity index (χ1v) is 7.58. The second-order valence-electron chi connectivity index (χ2n) is 5.00. The minimum Gasteiger partial charge on any atom is -0.298 e. The van der Waals surface area contributed by atoms with Crippen molar-refractivity contribution in [3.8, 4) is 0 Å². The molecule has 98 valence electrons. The fourth-order valence-corrected chi connectivity index (χ4v) is 3.58. The zero-order chi connectivity index (χ0) is 13.0. The summed E-state index contributed by atoms with van der Waals surface area (Å²) in [4.78, 5) is 11.9. The Labute approximate surface area is 112 Å². The van der Waals surface area contributed by atoms with E-state index >= 15 is 0 Å². The molecule has 1 saturated carbocycles. The van der Waals surface area contributed by atoms with E-state index in [9.17, 15) is 9.18 Å². The van der Waals surface area contributed by atoms with E-state index in [2.05, 4.69) is 0 Å². The Kier molecular flexibility index (Phi) is 4.81. The summed E-state index contributed by atoms with van der Waals surface area (Å²) in [6, 6.07) is 4.65. The Morgan fingerprint density at radius 3 is 2.78 bits per heavy atom. The van der Waals surface area contributed by atoms with Gasteiger partial charge in [-0.1, -0.05) is 18.9 Å². The molecule has 0 aromatic heterocycles.